The van der Waals surface area contributed by atoms with Crippen molar-refractivity contribution in [2.45, 2.75) is 10.8 Å². The Morgan fingerprint density at radius 1 is 0.778 bits per heavy atom. The van der Waals surface area contributed by atoms with E-state index in [9.17, 15) is 13.2 Å². The smallest absolute Gasteiger partial charge is 0.160 e. The zero-order chi connectivity index (χ0) is 12.8. The molecule has 0 fully saturated rings. The third-order valence-electron chi connectivity index (χ3n) is 3.03. The van der Waals surface area contributed by atoms with Crippen LogP contribution < -0.4 is 0 Å². The molecule has 0 saturated heterocycles. The maximum atomic E-state index is 12.7. The molecule has 0 amide bonds. The van der Waals surface area contributed by atoms with E-state index in [4.69, 9.17) is 0 Å². The predicted molar refractivity (Wildman–Crippen MR) is 67.4 cm³/mol. The minimum absolute atomic E-state index is 0.0497. The Morgan fingerprint density at radius 3 is 1.67 bits per heavy atom. The lowest BCUT2D eigenvalue weighted by atomic mass is 10.1. The lowest BCUT2D eigenvalue weighted by Crippen LogP contribution is -2.05. The van der Waals surface area contributed by atoms with E-state index in [1.807, 2.05) is 24.3 Å². The van der Waals surface area contributed by atoms with Gasteiger partial charge in [-0.25, -0.2) is 0 Å². The number of halogens is 3. The third-order valence-corrected chi connectivity index (χ3v) is 4.04. The molecule has 3 rings (SSSR count). The molecule has 0 spiro atoms. The van der Waals surface area contributed by atoms with Crippen LogP contribution in [0.15, 0.2) is 48.5 Å². The van der Waals surface area contributed by atoms with E-state index >= 15 is 0 Å². The van der Waals surface area contributed by atoms with Gasteiger partial charge in [-0.3, -0.25) is 0 Å². The van der Waals surface area contributed by atoms with Crippen LogP contribution in [0, 0.1) is 0 Å². The minimum Gasteiger partial charge on any atom is -0.160 e. The Hall–Kier alpha value is -1.42. The summed E-state index contributed by atoms with van der Waals surface area (Å²) >= 11 is 0.0497. The molecule has 0 heterocycles. The van der Waals surface area contributed by atoms with Crippen molar-refractivity contribution in [2.24, 2.45) is 0 Å². The lowest BCUT2D eigenvalue weighted by Gasteiger charge is -2.14. The van der Waals surface area contributed by atoms with Crippen LogP contribution >= 0.6 is 11.8 Å². The Bertz CT molecular complexity index is 544. The Balaban J connectivity index is 2.15. The van der Waals surface area contributed by atoms with Crippen LogP contribution in [-0.2, 0) is 0 Å². The van der Waals surface area contributed by atoms with Crippen molar-refractivity contribution in [1.82, 2.24) is 0 Å². The van der Waals surface area contributed by atoms with Crippen molar-refractivity contribution in [1.29, 1.82) is 0 Å². The topological polar surface area (TPSA) is 0 Å². The monoisotopic (exact) mass is 266 g/mol. The van der Waals surface area contributed by atoms with Gasteiger partial charge in [0.2, 0.25) is 0 Å². The average molecular weight is 266 g/mol. The number of rotatable bonds is 1. The molecule has 0 unspecified atom stereocenters. The SMILES string of the molecule is FC(F)(F)SC1c2ccccc2-c2ccccc21. The fraction of sp³-hybridized carbons (Fsp3) is 0.143. The van der Waals surface area contributed by atoms with Gasteiger partial charge in [0.1, 0.15) is 0 Å². The van der Waals surface area contributed by atoms with Gasteiger partial charge in [-0.2, -0.15) is 13.2 Å². The molecule has 1 aliphatic carbocycles. The normalized spacial score (nSPS) is 14.4. The van der Waals surface area contributed by atoms with Gasteiger partial charge in [-0.05, 0) is 34.0 Å². The van der Waals surface area contributed by atoms with Gasteiger partial charge in [-0.1, -0.05) is 48.5 Å². The third kappa shape index (κ3) is 1.90. The molecule has 4 heteroatoms. The maximum Gasteiger partial charge on any atom is 0.442 e. The van der Waals surface area contributed by atoms with E-state index in [0.29, 0.717) is 0 Å². The van der Waals surface area contributed by atoms with Gasteiger partial charge in [0.15, 0.2) is 0 Å². The highest BCUT2D eigenvalue weighted by molar-refractivity contribution is 8.00. The summed E-state index contributed by atoms with van der Waals surface area (Å²) in [6.07, 6.45) is 0. The van der Waals surface area contributed by atoms with Crippen LogP contribution in [0.25, 0.3) is 11.1 Å². The standard InChI is InChI=1S/C14H9F3S/c15-14(16,17)18-13-11-7-3-1-5-9(11)10-6-2-4-8-12(10)13/h1-8,13H. The van der Waals surface area contributed by atoms with Crippen molar-refractivity contribution in [3.8, 4) is 11.1 Å². The number of hydrogen-bond donors (Lipinski definition) is 0. The van der Waals surface area contributed by atoms with E-state index in [-0.39, 0.29) is 11.8 Å². The molecule has 92 valence electrons. The highest BCUT2D eigenvalue weighted by atomic mass is 32.2. The molecule has 2 aromatic carbocycles. The van der Waals surface area contributed by atoms with E-state index in [0.717, 1.165) is 22.3 Å². The fourth-order valence-electron chi connectivity index (χ4n) is 2.37. The van der Waals surface area contributed by atoms with Crippen molar-refractivity contribution in [3.05, 3.63) is 59.7 Å². The number of hydrogen-bond acceptors (Lipinski definition) is 1. The Labute approximate surface area is 107 Å². The van der Waals surface area contributed by atoms with Gasteiger partial charge in [0.25, 0.3) is 0 Å². The van der Waals surface area contributed by atoms with Crippen molar-refractivity contribution in [2.75, 3.05) is 0 Å². The Morgan fingerprint density at radius 2 is 1.22 bits per heavy atom. The first-order valence-corrected chi connectivity index (χ1v) is 6.37. The second-order valence-corrected chi connectivity index (χ2v) is 5.29. The van der Waals surface area contributed by atoms with Gasteiger partial charge in [0.05, 0.1) is 5.25 Å². The first kappa shape index (κ1) is 11.7. The van der Waals surface area contributed by atoms with E-state index < -0.39 is 10.8 Å². The summed E-state index contributed by atoms with van der Waals surface area (Å²) in [5.41, 5.74) is -0.901. The fourth-order valence-corrected chi connectivity index (χ4v) is 3.30. The number of fused-ring (bicyclic) bond motifs is 3. The quantitative estimate of drug-likeness (QED) is 0.699. The van der Waals surface area contributed by atoms with Crippen molar-refractivity contribution in [3.63, 3.8) is 0 Å². The molecule has 0 aromatic heterocycles. The molecule has 0 bridgehead atoms. The molecule has 0 nitrogen and oxygen atoms in total. The maximum absolute atomic E-state index is 12.7. The second kappa shape index (κ2) is 4.05. The number of benzene rings is 2. The summed E-state index contributed by atoms with van der Waals surface area (Å²) in [6.45, 7) is 0. The van der Waals surface area contributed by atoms with Crippen LogP contribution in [0.5, 0.6) is 0 Å². The summed E-state index contributed by atoms with van der Waals surface area (Å²) in [6, 6.07) is 14.6. The van der Waals surface area contributed by atoms with E-state index in [1.165, 1.54) is 0 Å². The van der Waals surface area contributed by atoms with Gasteiger partial charge < -0.3 is 0 Å². The molecule has 0 aliphatic heterocycles. The van der Waals surface area contributed by atoms with E-state index in [2.05, 4.69) is 0 Å². The molecule has 2 aromatic rings. The summed E-state index contributed by atoms with van der Waals surface area (Å²) in [5.74, 6) is 0. The number of thioether (sulfide) groups is 1. The first-order valence-electron chi connectivity index (χ1n) is 5.49. The van der Waals surface area contributed by atoms with Crippen molar-refractivity contribution >= 4 is 11.8 Å². The largest absolute Gasteiger partial charge is 0.442 e. The van der Waals surface area contributed by atoms with Crippen LogP contribution in [-0.4, -0.2) is 5.51 Å². The summed E-state index contributed by atoms with van der Waals surface area (Å²) in [7, 11) is 0. The molecular weight excluding hydrogens is 257 g/mol. The molecule has 1 aliphatic rings. The zero-order valence-corrected chi connectivity index (χ0v) is 10.1. The van der Waals surface area contributed by atoms with Crippen LogP contribution in [0.2, 0.25) is 0 Å². The molecule has 0 N–H and O–H groups in total. The highest BCUT2D eigenvalue weighted by Gasteiger charge is 2.39. The average Bonchev–Trinajstić information content (AvgIpc) is 2.64. The summed E-state index contributed by atoms with van der Waals surface area (Å²) in [5, 5.41) is -0.641. The highest BCUT2D eigenvalue weighted by Crippen LogP contribution is 2.54. The molecule has 0 saturated carbocycles. The number of alkyl halides is 3. The van der Waals surface area contributed by atoms with Crippen LogP contribution in [0.3, 0.4) is 0 Å². The molecular formula is C14H9F3S. The van der Waals surface area contributed by atoms with Crippen LogP contribution in [0.1, 0.15) is 16.4 Å². The lowest BCUT2D eigenvalue weighted by molar-refractivity contribution is -0.0331. The van der Waals surface area contributed by atoms with Crippen LogP contribution in [0.4, 0.5) is 13.2 Å². The summed E-state index contributed by atoms with van der Waals surface area (Å²) in [4.78, 5) is 0. The molecule has 0 radical (unpaired) electrons. The van der Waals surface area contributed by atoms with E-state index in [1.54, 1.807) is 24.3 Å². The predicted octanol–water partition coefficient (Wildman–Crippen LogP) is 5.01. The first-order chi connectivity index (χ1) is 8.56. The minimum atomic E-state index is -4.23. The molecule has 18 heavy (non-hydrogen) atoms. The Kier molecular flexibility index (Phi) is 2.63. The van der Waals surface area contributed by atoms with Gasteiger partial charge in [-0.15, -0.1) is 0 Å². The van der Waals surface area contributed by atoms with Crippen molar-refractivity contribution < 1.29 is 13.2 Å². The summed E-state index contributed by atoms with van der Waals surface area (Å²) < 4.78 is 38.0. The van der Waals surface area contributed by atoms with Gasteiger partial charge >= 0.3 is 5.51 Å². The zero-order valence-electron chi connectivity index (χ0n) is 9.24. The second-order valence-electron chi connectivity index (χ2n) is 4.12. The molecule has 0 atom stereocenters. The van der Waals surface area contributed by atoms with Gasteiger partial charge in [0, 0.05) is 0 Å².